The first-order chi connectivity index (χ1) is 7.65. The van der Waals surface area contributed by atoms with Gasteiger partial charge in [0.1, 0.15) is 11.9 Å². The van der Waals surface area contributed by atoms with Crippen molar-refractivity contribution in [3.63, 3.8) is 0 Å². The smallest absolute Gasteiger partial charge is 0.124 e. The van der Waals surface area contributed by atoms with E-state index in [-0.39, 0.29) is 12.1 Å². The van der Waals surface area contributed by atoms with Crippen molar-refractivity contribution in [2.24, 2.45) is 16.6 Å². The molecule has 16 heavy (non-hydrogen) atoms. The van der Waals surface area contributed by atoms with Gasteiger partial charge in [0, 0.05) is 12.6 Å². The molecule has 1 atom stereocenters. The van der Waals surface area contributed by atoms with Crippen LogP contribution in [0.3, 0.4) is 0 Å². The predicted molar refractivity (Wildman–Crippen MR) is 68.7 cm³/mol. The van der Waals surface area contributed by atoms with Crippen LogP contribution in [0.4, 0.5) is 0 Å². The van der Waals surface area contributed by atoms with Crippen molar-refractivity contribution in [3.05, 3.63) is 0 Å². The molecular formula is C13H26N2O. The molecule has 0 aromatic heterocycles. The van der Waals surface area contributed by atoms with E-state index < -0.39 is 0 Å². The molecule has 1 rings (SSSR count). The topological polar surface area (TPSA) is 47.6 Å². The van der Waals surface area contributed by atoms with Gasteiger partial charge >= 0.3 is 0 Å². The molecule has 1 fully saturated rings. The second-order valence-corrected chi connectivity index (χ2v) is 4.92. The quantitative estimate of drug-likeness (QED) is 0.579. The maximum Gasteiger partial charge on any atom is 0.124 e. The number of aliphatic imine (C=N–C) groups is 1. The van der Waals surface area contributed by atoms with Crippen LogP contribution in [0.1, 0.15) is 52.9 Å². The highest BCUT2D eigenvalue weighted by molar-refractivity contribution is 5.85. The molecule has 0 bridgehead atoms. The second-order valence-electron chi connectivity index (χ2n) is 4.92. The van der Waals surface area contributed by atoms with E-state index in [0.717, 1.165) is 6.61 Å². The van der Waals surface area contributed by atoms with Gasteiger partial charge in [-0.3, -0.25) is 4.99 Å². The molecule has 1 saturated carbocycles. The first-order valence-electron chi connectivity index (χ1n) is 6.60. The summed E-state index contributed by atoms with van der Waals surface area (Å²) in [6.45, 7) is 6.85. The molecule has 94 valence electrons. The average molecular weight is 226 g/mol. The number of hydrogen-bond acceptors (Lipinski definition) is 2. The van der Waals surface area contributed by atoms with E-state index in [9.17, 15) is 0 Å². The molecule has 3 heteroatoms. The monoisotopic (exact) mass is 226 g/mol. The van der Waals surface area contributed by atoms with Gasteiger partial charge in [-0.25, -0.2) is 0 Å². The van der Waals surface area contributed by atoms with Crippen molar-refractivity contribution in [2.75, 3.05) is 6.61 Å². The predicted octanol–water partition coefficient (Wildman–Crippen LogP) is 2.74. The van der Waals surface area contributed by atoms with Gasteiger partial charge in [-0.15, -0.1) is 0 Å². The van der Waals surface area contributed by atoms with E-state index in [1.165, 1.54) is 32.1 Å². The van der Waals surface area contributed by atoms with Crippen molar-refractivity contribution in [1.29, 1.82) is 0 Å². The fraction of sp³-hybridized carbons (Fsp3) is 0.923. The highest BCUT2D eigenvalue weighted by atomic mass is 16.5. The molecule has 0 aromatic carbocycles. The van der Waals surface area contributed by atoms with E-state index in [2.05, 4.69) is 18.8 Å². The zero-order valence-electron chi connectivity index (χ0n) is 10.9. The Hall–Kier alpha value is -0.570. The third kappa shape index (κ3) is 4.12. The van der Waals surface area contributed by atoms with Crippen LogP contribution in [-0.2, 0) is 4.74 Å². The van der Waals surface area contributed by atoms with E-state index in [1.807, 2.05) is 6.92 Å². The van der Waals surface area contributed by atoms with E-state index in [4.69, 9.17) is 10.5 Å². The highest BCUT2D eigenvalue weighted by Crippen LogP contribution is 2.28. The van der Waals surface area contributed by atoms with Crippen LogP contribution < -0.4 is 5.73 Å². The number of ether oxygens (including phenoxy) is 1. The van der Waals surface area contributed by atoms with Gasteiger partial charge in [-0.1, -0.05) is 19.3 Å². The molecule has 0 aliphatic heterocycles. The number of hydrogen-bond donors (Lipinski definition) is 1. The van der Waals surface area contributed by atoms with Gasteiger partial charge in [0.2, 0.25) is 0 Å². The lowest BCUT2D eigenvalue weighted by Gasteiger charge is -2.29. The summed E-state index contributed by atoms with van der Waals surface area (Å²) in [5, 5.41) is 0. The first kappa shape index (κ1) is 13.5. The van der Waals surface area contributed by atoms with Crippen LogP contribution in [0.25, 0.3) is 0 Å². The summed E-state index contributed by atoms with van der Waals surface area (Å²) in [5.41, 5.74) is 6.06. The molecule has 0 saturated heterocycles. The van der Waals surface area contributed by atoms with Crippen LogP contribution in [0.5, 0.6) is 0 Å². The molecule has 0 radical (unpaired) electrons. The van der Waals surface area contributed by atoms with Crippen LogP contribution in [-0.4, -0.2) is 24.6 Å². The van der Waals surface area contributed by atoms with Gasteiger partial charge in [0.05, 0.1) is 0 Å². The van der Waals surface area contributed by atoms with Gasteiger partial charge in [0.15, 0.2) is 0 Å². The summed E-state index contributed by atoms with van der Waals surface area (Å²) >= 11 is 0. The summed E-state index contributed by atoms with van der Waals surface area (Å²) in [6.07, 6.45) is 6.49. The number of nitrogens with zero attached hydrogens (tertiary/aromatic N) is 1. The minimum absolute atomic E-state index is 0.0488. The summed E-state index contributed by atoms with van der Waals surface area (Å²) in [6, 6.07) is 0.256. The minimum Gasteiger partial charge on any atom is -0.385 e. The number of nitrogens with two attached hydrogens (primary N) is 1. The van der Waals surface area contributed by atoms with Crippen LogP contribution in [0.2, 0.25) is 0 Å². The first-order valence-corrected chi connectivity index (χ1v) is 6.60. The van der Waals surface area contributed by atoms with Gasteiger partial charge in [0.25, 0.3) is 0 Å². The SMILES string of the molecule is CCOC(C(N)=NC(C)C)C1CCCCC1. The zero-order chi connectivity index (χ0) is 12.0. The fourth-order valence-electron chi connectivity index (χ4n) is 2.45. The van der Waals surface area contributed by atoms with Crippen molar-refractivity contribution in [3.8, 4) is 0 Å². The molecule has 1 aliphatic carbocycles. The zero-order valence-corrected chi connectivity index (χ0v) is 10.9. The lowest BCUT2D eigenvalue weighted by Crippen LogP contribution is -2.39. The Bertz CT molecular complexity index is 220. The summed E-state index contributed by atoms with van der Waals surface area (Å²) in [5.74, 6) is 1.28. The second kappa shape index (κ2) is 6.89. The third-order valence-electron chi connectivity index (χ3n) is 3.12. The number of rotatable bonds is 5. The molecule has 0 amide bonds. The number of amidine groups is 1. The molecule has 2 N–H and O–H groups in total. The molecule has 3 nitrogen and oxygen atoms in total. The van der Waals surface area contributed by atoms with E-state index >= 15 is 0 Å². The van der Waals surface area contributed by atoms with E-state index in [1.54, 1.807) is 0 Å². The Morgan fingerprint density at radius 1 is 1.31 bits per heavy atom. The molecular weight excluding hydrogens is 200 g/mol. The molecule has 1 aliphatic rings. The van der Waals surface area contributed by atoms with Crippen molar-refractivity contribution in [1.82, 2.24) is 0 Å². The Kier molecular flexibility index (Phi) is 5.81. The Morgan fingerprint density at radius 3 is 2.44 bits per heavy atom. The molecule has 0 aromatic rings. The van der Waals surface area contributed by atoms with Crippen molar-refractivity contribution < 1.29 is 4.74 Å². The average Bonchev–Trinajstić information content (AvgIpc) is 2.26. The standard InChI is InChI=1S/C13H26N2O/c1-4-16-12(13(14)15-10(2)3)11-8-6-5-7-9-11/h10-12H,4-9H2,1-3H3,(H2,14,15). The maximum atomic E-state index is 6.06. The largest absolute Gasteiger partial charge is 0.385 e. The summed E-state index contributed by atoms with van der Waals surface area (Å²) in [7, 11) is 0. The van der Waals surface area contributed by atoms with E-state index in [0.29, 0.717) is 11.8 Å². The maximum absolute atomic E-state index is 6.06. The highest BCUT2D eigenvalue weighted by Gasteiger charge is 2.26. The Labute approximate surface area is 99.5 Å². The van der Waals surface area contributed by atoms with Gasteiger partial charge < -0.3 is 10.5 Å². The molecule has 1 unspecified atom stereocenters. The van der Waals surface area contributed by atoms with Crippen molar-refractivity contribution in [2.45, 2.75) is 65.0 Å². The summed E-state index contributed by atoms with van der Waals surface area (Å²) in [4.78, 5) is 4.44. The Balaban J connectivity index is 2.64. The molecule has 0 heterocycles. The molecule has 0 spiro atoms. The Morgan fingerprint density at radius 2 is 1.94 bits per heavy atom. The van der Waals surface area contributed by atoms with Crippen LogP contribution in [0, 0.1) is 5.92 Å². The lowest BCUT2D eigenvalue weighted by atomic mass is 9.84. The fourth-order valence-corrected chi connectivity index (χ4v) is 2.45. The van der Waals surface area contributed by atoms with Gasteiger partial charge in [-0.05, 0) is 39.5 Å². The lowest BCUT2D eigenvalue weighted by molar-refractivity contribution is 0.0519. The van der Waals surface area contributed by atoms with Crippen LogP contribution >= 0.6 is 0 Å². The normalized spacial score (nSPS) is 21.4. The summed E-state index contributed by atoms with van der Waals surface area (Å²) < 4.78 is 5.79. The van der Waals surface area contributed by atoms with Crippen molar-refractivity contribution >= 4 is 5.84 Å². The van der Waals surface area contributed by atoms with Crippen LogP contribution in [0.15, 0.2) is 4.99 Å². The van der Waals surface area contributed by atoms with Gasteiger partial charge in [-0.2, -0.15) is 0 Å². The third-order valence-corrected chi connectivity index (χ3v) is 3.12. The minimum atomic E-state index is 0.0488.